The predicted octanol–water partition coefficient (Wildman–Crippen LogP) is 3.57. The molecule has 19 heavy (non-hydrogen) atoms. The van der Waals surface area contributed by atoms with Crippen LogP contribution in [0.2, 0.25) is 5.02 Å². The monoisotopic (exact) mass is 272 g/mol. The zero-order valence-corrected chi connectivity index (χ0v) is 11.4. The lowest BCUT2D eigenvalue weighted by atomic mass is 9.74. The summed E-state index contributed by atoms with van der Waals surface area (Å²) in [6.45, 7) is 0. The van der Waals surface area contributed by atoms with Crippen molar-refractivity contribution < 1.29 is 0 Å². The topological polar surface area (TPSA) is 38.0 Å². The highest BCUT2D eigenvalue weighted by atomic mass is 35.5. The molecule has 0 saturated carbocycles. The molecule has 0 radical (unpaired) electrons. The van der Waals surface area contributed by atoms with E-state index in [1.54, 1.807) is 0 Å². The van der Waals surface area contributed by atoms with Crippen LogP contribution >= 0.6 is 11.6 Å². The maximum atomic E-state index is 6.04. The second kappa shape index (κ2) is 5.33. The van der Waals surface area contributed by atoms with Crippen LogP contribution in [0.1, 0.15) is 35.1 Å². The molecule has 0 saturated heterocycles. The summed E-state index contributed by atoms with van der Waals surface area (Å²) in [7, 11) is 0. The smallest absolute Gasteiger partial charge is 0.0466 e. The average molecular weight is 273 g/mol. The lowest BCUT2D eigenvalue weighted by Gasteiger charge is -2.33. The molecule has 3 heteroatoms. The molecule has 2 atom stereocenters. The molecule has 0 aromatic heterocycles. The van der Waals surface area contributed by atoms with Crippen molar-refractivity contribution in [3.05, 3.63) is 70.2 Å². The molecular formula is C16H17ClN2. The average Bonchev–Trinajstić information content (AvgIpc) is 2.40. The quantitative estimate of drug-likeness (QED) is 0.660. The Morgan fingerprint density at radius 2 is 2.05 bits per heavy atom. The van der Waals surface area contributed by atoms with Crippen LogP contribution in [0.5, 0.6) is 0 Å². The summed E-state index contributed by atoms with van der Waals surface area (Å²) in [6, 6.07) is 16.7. The molecule has 0 fully saturated rings. The first-order valence-electron chi connectivity index (χ1n) is 6.57. The van der Waals surface area contributed by atoms with Gasteiger partial charge in [0.15, 0.2) is 0 Å². The van der Waals surface area contributed by atoms with Crippen molar-refractivity contribution in [1.29, 1.82) is 0 Å². The van der Waals surface area contributed by atoms with Crippen LogP contribution in [-0.2, 0) is 6.42 Å². The van der Waals surface area contributed by atoms with Gasteiger partial charge in [0.25, 0.3) is 0 Å². The normalized spacial score (nSPS) is 18.5. The third-order valence-corrected chi connectivity index (χ3v) is 4.17. The minimum Gasteiger partial charge on any atom is -0.271 e. The van der Waals surface area contributed by atoms with Crippen molar-refractivity contribution in [2.24, 2.45) is 5.84 Å². The number of fused-ring (bicyclic) bond motifs is 1. The Bertz CT molecular complexity index is 582. The second-order valence-corrected chi connectivity index (χ2v) is 5.55. The van der Waals surface area contributed by atoms with Gasteiger partial charge in [-0.1, -0.05) is 48.0 Å². The number of hydrogen-bond donors (Lipinski definition) is 2. The first-order chi connectivity index (χ1) is 9.28. The zero-order valence-electron chi connectivity index (χ0n) is 10.6. The van der Waals surface area contributed by atoms with Gasteiger partial charge in [-0.3, -0.25) is 11.3 Å². The number of nitrogens with two attached hydrogens (primary N) is 1. The summed E-state index contributed by atoms with van der Waals surface area (Å²) in [5.74, 6) is 6.30. The fraction of sp³-hybridized carbons (Fsp3) is 0.250. The molecule has 0 aliphatic heterocycles. The Labute approximate surface area is 118 Å². The van der Waals surface area contributed by atoms with Crippen LogP contribution in [0.3, 0.4) is 0 Å². The third-order valence-electron chi connectivity index (χ3n) is 3.93. The molecular weight excluding hydrogens is 256 g/mol. The second-order valence-electron chi connectivity index (χ2n) is 5.11. The number of rotatable bonds is 4. The first kappa shape index (κ1) is 12.7. The maximum absolute atomic E-state index is 6.04. The van der Waals surface area contributed by atoms with Gasteiger partial charge in [-0.15, -0.1) is 0 Å². The number of hydrazine groups is 1. The fourth-order valence-corrected chi connectivity index (χ4v) is 3.08. The lowest BCUT2D eigenvalue weighted by Crippen LogP contribution is -2.31. The molecule has 3 N–H and O–H groups in total. The third kappa shape index (κ3) is 2.52. The first-order valence-corrected chi connectivity index (χ1v) is 6.95. The summed E-state index contributed by atoms with van der Waals surface area (Å²) in [6.07, 6.45) is 2.16. The van der Waals surface area contributed by atoms with Crippen LogP contribution < -0.4 is 11.3 Å². The van der Waals surface area contributed by atoms with Crippen LogP contribution in [0.25, 0.3) is 0 Å². The maximum Gasteiger partial charge on any atom is 0.0466 e. The largest absolute Gasteiger partial charge is 0.271 e. The molecule has 98 valence electrons. The van der Waals surface area contributed by atoms with E-state index in [2.05, 4.69) is 35.8 Å². The Morgan fingerprint density at radius 1 is 1.21 bits per heavy atom. The van der Waals surface area contributed by atoms with Gasteiger partial charge in [-0.2, -0.15) is 0 Å². The molecule has 0 bridgehead atoms. The van der Waals surface area contributed by atoms with E-state index in [1.807, 2.05) is 18.2 Å². The van der Waals surface area contributed by atoms with Crippen molar-refractivity contribution in [2.75, 3.05) is 0 Å². The Morgan fingerprint density at radius 3 is 2.79 bits per heavy atom. The molecule has 2 aromatic rings. The van der Waals surface area contributed by atoms with Gasteiger partial charge in [0, 0.05) is 11.1 Å². The number of nitrogens with one attached hydrogen (secondary N) is 1. The van der Waals surface area contributed by atoms with E-state index in [0.29, 0.717) is 5.92 Å². The SMILES string of the molecule is NNC(CC1Cc2ccccc21)c1cccc(Cl)c1. The highest BCUT2D eigenvalue weighted by Gasteiger charge is 2.28. The zero-order chi connectivity index (χ0) is 13.2. The number of benzene rings is 2. The summed E-state index contributed by atoms with van der Waals surface area (Å²) in [5.41, 5.74) is 7.00. The highest BCUT2D eigenvalue weighted by Crippen LogP contribution is 2.40. The molecule has 2 aromatic carbocycles. The van der Waals surface area contributed by atoms with E-state index in [1.165, 1.54) is 11.1 Å². The van der Waals surface area contributed by atoms with Crippen molar-refractivity contribution in [3.63, 3.8) is 0 Å². The molecule has 2 nitrogen and oxygen atoms in total. The van der Waals surface area contributed by atoms with E-state index in [-0.39, 0.29) is 6.04 Å². The van der Waals surface area contributed by atoms with Gasteiger partial charge < -0.3 is 0 Å². The van der Waals surface area contributed by atoms with Crippen molar-refractivity contribution in [3.8, 4) is 0 Å². The van der Waals surface area contributed by atoms with E-state index < -0.39 is 0 Å². The highest BCUT2D eigenvalue weighted by molar-refractivity contribution is 6.30. The summed E-state index contributed by atoms with van der Waals surface area (Å²) >= 11 is 6.04. The van der Waals surface area contributed by atoms with E-state index in [0.717, 1.165) is 23.4 Å². The van der Waals surface area contributed by atoms with Crippen LogP contribution in [0, 0.1) is 0 Å². The molecule has 1 aliphatic carbocycles. The van der Waals surface area contributed by atoms with E-state index >= 15 is 0 Å². The fourth-order valence-electron chi connectivity index (χ4n) is 2.88. The van der Waals surface area contributed by atoms with Gasteiger partial charge in [0.2, 0.25) is 0 Å². The number of hydrogen-bond acceptors (Lipinski definition) is 2. The van der Waals surface area contributed by atoms with Gasteiger partial charge >= 0.3 is 0 Å². The lowest BCUT2D eigenvalue weighted by molar-refractivity contribution is 0.435. The molecule has 0 heterocycles. The van der Waals surface area contributed by atoms with Gasteiger partial charge in [0.1, 0.15) is 0 Å². The molecule has 3 rings (SSSR count). The summed E-state index contributed by atoms with van der Waals surface area (Å²) < 4.78 is 0. The minimum atomic E-state index is 0.150. The summed E-state index contributed by atoms with van der Waals surface area (Å²) in [4.78, 5) is 0. The van der Waals surface area contributed by atoms with Gasteiger partial charge in [-0.25, -0.2) is 0 Å². The van der Waals surface area contributed by atoms with Crippen molar-refractivity contribution >= 4 is 11.6 Å². The van der Waals surface area contributed by atoms with Crippen LogP contribution in [0.15, 0.2) is 48.5 Å². The Kier molecular flexibility index (Phi) is 3.56. The Balaban J connectivity index is 1.76. The van der Waals surface area contributed by atoms with Crippen LogP contribution in [0.4, 0.5) is 0 Å². The van der Waals surface area contributed by atoms with Gasteiger partial charge in [0.05, 0.1) is 0 Å². The van der Waals surface area contributed by atoms with Crippen molar-refractivity contribution in [1.82, 2.24) is 5.43 Å². The van der Waals surface area contributed by atoms with E-state index in [4.69, 9.17) is 17.4 Å². The minimum absolute atomic E-state index is 0.150. The van der Waals surface area contributed by atoms with Crippen LogP contribution in [-0.4, -0.2) is 0 Å². The van der Waals surface area contributed by atoms with E-state index in [9.17, 15) is 0 Å². The summed E-state index contributed by atoms with van der Waals surface area (Å²) in [5, 5.41) is 0.756. The van der Waals surface area contributed by atoms with Crippen molar-refractivity contribution in [2.45, 2.75) is 24.8 Å². The predicted molar refractivity (Wildman–Crippen MR) is 79.0 cm³/mol. The molecule has 2 unspecified atom stereocenters. The molecule has 1 aliphatic rings. The Hall–Kier alpha value is -1.35. The number of halogens is 1. The van der Waals surface area contributed by atoms with Gasteiger partial charge in [-0.05, 0) is 47.6 Å². The standard InChI is InChI=1S/C16H17ClN2/c17-14-6-3-5-12(9-14)16(19-18)10-13-8-11-4-1-2-7-15(11)13/h1-7,9,13,16,19H,8,10,18H2. The molecule has 0 amide bonds. The molecule has 0 spiro atoms.